The van der Waals surface area contributed by atoms with Gasteiger partial charge in [-0.2, -0.15) is 0 Å². The van der Waals surface area contributed by atoms with Gasteiger partial charge in [0, 0.05) is 6.04 Å². The lowest BCUT2D eigenvalue weighted by Gasteiger charge is -2.20. The second-order valence-corrected chi connectivity index (χ2v) is 9.38. The lowest BCUT2D eigenvalue weighted by atomic mass is 10.1. The first-order valence-electron chi connectivity index (χ1n) is 8.12. The van der Waals surface area contributed by atoms with Crippen molar-refractivity contribution in [3.05, 3.63) is 56.5 Å². The molecule has 27 heavy (non-hydrogen) atoms. The number of carbonyl (C=O) groups excluding carboxylic acids is 1. The van der Waals surface area contributed by atoms with Crippen molar-refractivity contribution in [1.82, 2.24) is 10.3 Å². The molecule has 3 aromatic rings. The van der Waals surface area contributed by atoms with Gasteiger partial charge >= 0.3 is 5.97 Å². The number of fused-ring (bicyclic) bond motifs is 2. The molecule has 0 radical (unpaired) electrons. The van der Waals surface area contributed by atoms with Crippen LogP contribution in [0.1, 0.15) is 26.9 Å². The highest BCUT2D eigenvalue weighted by molar-refractivity contribution is 8.00. The fraction of sp³-hybridized carbons (Fsp3) is 0.222. The Morgan fingerprint density at radius 2 is 2.11 bits per heavy atom. The summed E-state index contributed by atoms with van der Waals surface area (Å²) in [5.74, 6) is -1.13. The first kappa shape index (κ1) is 18.7. The number of thioether (sulfide) groups is 1. The van der Waals surface area contributed by atoms with E-state index in [1.807, 2.05) is 24.3 Å². The number of rotatable bonds is 5. The zero-order valence-corrected chi connectivity index (χ0v) is 16.9. The molecule has 9 heteroatoms. The van der Waals surface area contributed by atoms with Crippen LogP contribution < -0.4 is 5.32 Å². The van der Waals surface area contributed by atoms with Crippen molar-refractivity contribution in [3.8, 4) is 0 Å². The summed E-state index contributed by atoms with van der Waals surface area (Å²) < 4.78 is 1.31. The lowest BCUT2D eigenvalue weighted by Crippen LogP contribution is -2.37. The standard InChI is InChI=1S/C18H14Cl2N2O3S2/c19-14-15-12(27-17(14)20)6-11(21-15)18(25)22-10-5-8-3-1-2-4-9(8)16(10)26-7-13(23)24/h1-4,6,10,16,21H,5,7H2,(H,22,25)(H,23,24)/t10-,16-/m1/s1. The monoisotopic (exact) mass is 440 g/mol. The molecular formula is C18H14Cl2N2O3S2. The molecule has 4 rings (SSSR count). The van der Waals surface area contributed by atoms with Crippen molar-refractivity contribution in [3.63, 3.8) is 0 Å². The number of aliphatic carboxylic acids is 1. The molecule has 1 aromatic carbocycles. The van der Waals surface area contributed by atoms with E-state index in [2.05, 4.69) is 10.3 Å². The smallest absolute Gasteiger partial charge is 0.313 e. The minimum atomic E-state index is -0.870. The van der Waals surface area contributed by atoms with Gasteiger partial charge in [-0.05, 0) is 23.6 Å². The Bertz CT molecular complexity index is 1050. The maximum Gasteiger partial charge on any atom is 0.313 e. The Hall–Kier alpha value is -1.67. The number of amides is 1. The van der Waals surface area contributed by atoms with Crippen LogP contribution in [0.5, 0.6) is 0 Å². The quantitative estimate of drug-likeness (QED) is 0.534. The fourth-order valence-electron chi connectivity index (χ4n) is 3.34. The van der Waals surface area contributed by atoms with Crippen LogP contribution in [0.25, 0.3) is 10.2 Å². The predicted molar refractivity (Wildman–Crippen MR) is 110 cm³/mol. The van der Waals surface area contributed by atoms with Gasteiger partial charge in [-0.15, -0.1) is 23.1 Å². The van der Waals surface area contributed by atoms with E-state index in [0.717, 1.165) is 15.8 Å². The number of H-pyrrole nitrogens is 1. The summed E-state index contributed by atoms with van der Waals surface area (Å²) in [5, 5.41) is 12.4. The number of carboxylic acids is 1. The summed E-state index contributed by atoms with van der Waals surface area (Å²) >= 11 is 14.8. The van der Waals surface area contributed by atoms with E-state index in [0.29, 0.717) is 27.0 Å². The molecule has 2 heterocycles. The zero-order valence-electron chi connectivity index (χ0n) is 13.8. The summed E-state index contributed by atoms with van der Waals surface area (Å²) in [6, 6.07) is 9.44. The van der Waals surface area contributed by atoms with Gasteiger partial charge in [0.2, 0.25) is 0 Å². The van der Waals surface area contributed by atoms with Crippen LogP contribution in [0.3, 0.4) is 0 Å². The average Bonchev–Trinajstić information content (AvgIpc) is 3.27. The van der Waals surface area contributed by atoms with Crippen LogP contribution in [0.15, 0.2) is 30.3 Å². The Morgan fingerprint density at radius 1 is 1.33 bits per heavy atom. The van der Waals surface area contributed by atoms with Gasteiger partial charge in [0.15, 0.2) is 0 Å². The van der Waals surface area contributed by atoms with E-state index >= 15 is 0 Å². The molecule has 3 N–H and O–H groups in total. The summed E-state index contributed by atoms with van der Waals surface area (Å²) in [5.41, 5.74) is 3.28. The first-order chi connectivity index (χ1) is 12.9. The number of nitrogens with one attached hydrogen (secondary N) is 2. The van der Waals surface area contributed by atoms with Crippen molar-refractivity contribution in [2.24, 2.45) is 0 Å². The molecular weight excluding hydrogens is 427 g/mol. The van der Waals surface area contributed by atoms with E-state index in [1.54, 1.807) is 6.07 Å². The van der Waals surface area contributed by atoms with Gasteiger partial charge in [-0.1, -0.05) is 47.5 Å². The van der Waals surface area contributed by atoms with Gasteiger partial charge in [0.05, 0.1) is 26.2 Å². The zero-order chi connectivity index (χ0) is 19.1. The van der Waals surface area contributed by atoms with E-state index in [4.69, 9.17) is 28.3 Å². The van der Waals surface area contributed by atoms with Gasteiger partial charge in [0.1, 0.15) is 10.0 Å². The molecule has 0 aliphatic heterocycles. The summed E-state index contributed by atoms with van der Waals surface area (Å²) in [6.45, 7) is 0. The van der Waals surface area contributed by atoms with Crippen molar-refractivity contribution in [1.29, 1.82) is 0 Å². The molecule has 2 aromatic heterocycles. The lowest BCUT2D eigenvalue weighted by molar-refractivity contribution is -0.133. The third-order valence-corrected chi connectivity index (χ3v) is 7.78. The van der Waals surface area contributed by atoms with Crippen LogP contribution in [-0.2, 0) is 11.2 Å². The number of carboxylic acid groups (broad SMARTS) is 1. The van der Waals surface area contributed by atoms with Crippen LogP contribution in [0, 0.1) is 0 Å². The number of benzene rings is 1. The number of hydrogen-bond donors (Lipinski definition) is 3. The largest absolute Gasteiger partial charge is 0.481 e. The van der Waals surface area contributed by atoms with Gasteiger partial charge < -0.3 is 15.4 Å². The molecule has 5 nitrogen and oxygen atoms in total. The number of hydrogen-bond acceptors (Lipinski definition) is 4. The van der Waals surface area contributed by atoms with Gasteiger partial charge in [0.25, 0.3) is 5.91 Å². The van der Waals surface area contributed by atoms with E-state index in [1.165, 1.54) is 23.1 Å². The van der Waals surface area contributed by atoms with Crippen LogP contribution in [-0.4, -0.2) is 33.8 Å². The highest BCUT2D eigenvalue weighted by atomic mass is 35.5. The second-order valence-electron chi connectivity index (χ2n) is 6.22. The Labute approximate surface area is 173 Å². The molecule has 1 amide bonds. The molecule has 0 spiro atoms. The van der Waals surface area contributed by atoms with Crippen molar-refractivity contribution in [2.45, 2.75) is 17.7 Å². The molecule has 1 aliphatic carbocycles. The third kappa shape index (κ3) is 3.57. The number of halogens is 2. The maximum absolute atomic E-state index is 12.8. The van der Waals surface area contributed by atoms with Gasteiger partial charge in [-0.3, -0.25) is 9.59 Å². The van der Waals surface area contributed by atoms with Gasteiger partial charge in [-0.25, -0.2) is 0 Å². The summed E-state index contributed by atoms with van der Waals surface area (Å²) in [4.78, 5) is 26.8. The minimum Gasteiger partial charge on any atom is -0.481 e. The molecule has 2 atom stereocenters. The van der Waals surface area contributed by atoms with Crippen molar-refractivity contribution >= 4 is 68.4 Å². The molecule has 0 unspecified atom stereocenters. The molecule has 0 fully saturated rings. The minimum absolute atomic E-state index is 0.0162. The Morgan fingerprint density at radius 3 is 2.85 bits per heavy atom. The first-order valence-corrected chi connectivity index (χ1v) is 10.7. The van der Waals surface area contributed by atoms with Crippen LogP contribution in [0.4, 0.5) is 0 Å². The van der Waals surface area contributed by atoms with Crippen LogP contribution in [0.2, 0.25) is 9.36 Å². The predicted octanol–water partition coefficient (Wildman–Crippen LogP) is 4.75. The fourth-order valence-corrected chi connectivity index (χ4v) is 5.95. The van der Waals surface area contributed by atoms with Crippen molar-refractivity contribution in [2.75, 3.05) is 5.75 Å². The molecule has 140 valence electrons. The second kappa shape index (κ2) is 7.39. The average molecular weight is 441 g/mol. The number of carbonyl (C=O) groups is 2. The topological polar surface area (TPSA) is 82.2 Å². The Balaban J connectivity index is 1.56. The van der Waals surface area contributed by atoms with E-state index in [9.17, 15) is 9.59 Å². The Kier molecular flexibility index (Phi) is 5.11. The number of thiophene rings is 1. The third-order valence-electron chi connectivity index (χ3n) is 4.49. The normalized spacial score (nSPS) is 18.6. The summed E-state index contributed by atoms with van der Waals surface area (Å²) in [7, 11) is 0. The number of aromatic amines is 1. The van der Waals surface area contributed by atoms with E-state index < -0.39 is 5.97 Å². The molecule has 0 saturated carbocycles. The molecule has 0 bridgehead atoms. The number of aromatic nitrogens is 1. The maximum atomic E-state index is 12.8. The SMILES string of the molecule is O=C(O)CS[C@@H]1c2ccccc2C[C@H]1NC(=O)c1cc2sc(Cl)c(Cl)c2[nH]1. The highest BCUT2D eigenvalue weighted by Gasteiger charge is 2.34. The highest BCUT2D eigenvalue weighted by Crippen LogP contribution is 2.42. The van der Waals surface area contributed by atoms with Crippen LogP contribution >= 0.6 is 46.3 Å². The summed E-state index contributed by atoms with van der Waals surface area (Å²) in [6.07, 6.45) is 0.668. The molecule has 1 aliphatic rings. The van der Waals surface area contributed by atoms with Crippen molar-refractivity contribution < 1.29 is 14.7 Å². The molecule has 0 saturated heterocycles. The van der Waals surface area contributed by atoms with E-state index in [-0.39, 0.29) is 23.0 Å².